The van der Waals surface area contributed by atoms with Crippen LogP contribution in [-0.2, 0) is 0 Å². The maximum atomic E-state index is 13.2. The molecule has 0 aliphatic heterocycles. The third-order valence-corrected chi connectivity index (χ3v) is 3.31. The highest BCUT2D eigenvalue weighted by molar-refractivity contribution is 9.09. The summed E-state index contributed by atoms with van der Waals surface area (Å²) >= 11 is 3.39. The lowest BCUT2D eigenvalue weighted by Crippen LogP contribution is -2.34. The third-order valence-electron chi connectivity index (χ3n) is 2.91. The highest BCUT2D eigenvalue weighted by atomic mass is 79.9. The number of hydrogen-bond acceptors (Lipinski definition) is 2. The van der Waals surface area contributed by atoms with Crippen LogP contribution in [0.5, 0.6) is 5.75 Å². The Morgan fingerprint density at radius 3 is 2.74 bits per heavy atom. The Kier molecular flexibility index (Phi) is 5.79. The summed E-state index contributed by atoms with van der Waals surface area (Å²) in [7, 11) is 1.37. The number of carbonyl (C=O) groups excluding carboxylic acids is 1. The first-order valence-electron chi connectivity index (χ1n) is 6.07. The van der Waals surface area contributed by atoms with E-state index in [1.54, 1.807) is 0 Å². The fourth-order valence-corrected chi connectivity index (χ4v) is 2.64. The summed E-state index contributed by atoms with van der Waals surface area (Å²) in [5.41, 5.74) is 0.413. The number of halogens is 2. The van der Waals surface area contributed by atoms with Crippen molar-refractivity contribution in [1.29, 1.82) is 0 Å². The molecule has 0 radical (unpaired) electrons. The van der Waals surface area contributed by atoms with Gasteiger partial charge in [0.15, 0.2) is 11.6 Å². The van der Waals surface area contributed by atoms with Crippen molar-refractivity contribution in [2.24, 2.45) is 5.41 Å². The summed E-state index contributed by atoms with van der Waals surface area (Å²) in [6.07, 6.45) is 0.958. The minimum Gasteiger partial charge on any atom is -0.494 e. The summed E-state index contributed by atoms with van der Waals surface area (Å²) in [5, 5.41) is 3.75. The lowest BCUT2D eigenvalue weighted by atomic mass is 9.90. The SMILES string of the molecule is COc1cc(C(=O)NCC(C)(C)CCBr)ccc1F. The van der Waals surface area contributed by atoms with Gasteiger partial charge in [0, 0.05) is 17.4 Å². The average molecular weight is 332 g/mol. The molecular formula is C14H19BrFNO2. The van der Waals surface area contributed by atoms with E-state index in [2.05, 4.69) is 35.1 Å². The van der Waals surface area contributed by atoms with Gasteiger partial charge in [0.25, 0.3) is 5.91 Å². The summed E-state index contributed by atoms with van der Waals surface area (Å²) in [5.74, 6) is -0.619. The number of carbonyl (C=O) groups is 1. The zero-order valence-electron chi connectivity index (χ0n) is 11.4. The molecule has 5 heteroatoms. The summed E-state index contributed by atoms with van der Waals surface area (Å²) in [6, 6.07) is 4.09. The first kappa shape index (κ1) is 16.0. The number of benzene rings is 1. The number of hydrogen-bond donors (Lipinski definition) is 1. The minimum absolute atomic E-state index is 0.0171. The first-order chi connectivity index (χ1) is 8.89. The molecule has 1 aromatic carbocycles. The molecule has 0 spiro atoms. The first-order valence-corrected chi connectivity index (χ1v) is 7.19. The van der Waals surface area contributed by atoms with Crippen molar-refractivity contribution in [3.8, 4) is 5.75 Å². The third kappa shape index (κ3) is 4.82. The van der Waals surface area contributed by atoms with Crippen LogP contribution in [0.1, 0.15) is 30.6 Å². The van der Waals surface area contributed by atoms with Crippen LogP contribution in [0.15, 0.2) is 18.2 Å². The number of ether oxygens (including phenoxy) is 1. The Morgan fingerprint density at radius 2 is 2.16 bits per heavy atom. The van der Waals surface area contributed by atoms with Gasteiger partial charge in [-0.15, -0.1) is 0 Å². The zero-order valence-corrected chi connectivity index (χ0v) is 13.0. The van der Waals surface area contributed by atoms with Gasteiger partial charge in [0.05, 0.1) is 7.11 Å². The second kappa shape index (κ2) is 6.89. The predicted octanol–water partition coefficient (Wildman–Crippen LogP) is 3.38. The Labute approximate surface area is 121 Å². The van der Waals surface area contributed by atoms with Crippen LogP contribution in [0, 0.1) is 11.2 Å². The number of methoxy groups -OCH3 is 1. The second-order valence-corrected chi connectivity index (χ2v) is 5.93. The standard InChI is InChI=1S/C14H19BrFNO2/c1-14(2,6-7-15)9-17-13(18)10-4-5-11(16)12(8-10)19-3/h4-5,8H,6-7,9H2,1-3H3,(H,17,18). The van der Waals surface area contributed by atoms with E-state index in [-0.39, 0.29) is 17.1 Å². The Bertz CT molecular complexity index is 449. The van der Waals surface area contributed by atoms with E-state index >= 15 is 0 Å². The van der Waals surface area contributed by atoms with Crippen LogP contribution >= 0.6 is 15.9 Å². The summed E-state index contributed by atoms with van der Waals surface area (Å²) in [6.45, 7) is 4.73. The van der Waals surface area contributed by atoms with Crippen molar-refractivity contribution < 1.29 is 13.9 Å². The largest absolute Gasteiger partial charge is 0.494 e. The van der Waals surface area contributed by atoms with Gasteiger partial charge in [-0.3, -0.25) is 4.79 Å². The number of rotatable bonds is 6. The Balaban J connectivity index is 2.68. The van der Waals surface area contributed by atoms with Crippen molar-refractivity contribution in [3.05, 3.63) is 29.6 Å². The molecular weight excluding hydrogens is 313 g/mol. The van der Waals surface area contributed by atoms with Crippen LogP contribution in [0.4, 0.5) is 4.39 Å². The smallest absolute Gasteiger partial charge is 0.251 e. The molecule has 0 aromatic heterocycles. The molecule has 0 unspecified atom stereocenters. The van der Waals surface area contributed by atoms with Crippen LogP contribution in [0.3, 0.4) is 0 Å². The van der Waals surface area contributed by atoms with E-state index in [4.69, 9.17) is 4.74 Å². The highest BCUT2D eigenvalue weighted by Crippen LogP contribution is 2.21. The quantitative estimate of drug-likeness (QED) is 0.811. The fraction of sp³-hybridized carbons (Fsp3) is 0.500. The molecule has 0 bridgehead atoms. The molecule has 0 fully saturated rings. The van der Waals surface area contributed by atoms with E-state index in [1.165, 1.54) is 25.3 Å². The molecule has 0 heterocycles. The number of alkyl halides is 1. The monoisotopic (exact) mass is 331 g/mol. The number of nitrogens with one attached hydrogen (secondary N) is 1. The molecule has 0 saturated heterocycles. The maximum absolute atomic E-state index is 13.2. The molecule has 1 rings (SSSR count). The van der Waals surface area contributed by atoms with Gasteiger partial charge < -0.3 is 10.1 Å². The highest BCUT2D eigenvalue weighted by Gasteiger charge is 2.19. The minimum atomic E-state index is -0.473. The van der Waals surface area contributed by atoms with E-state index in [1.807, 2.05) is 0 Å². The molecule has 0 aliphatic rings. The van der Waals surface area contributed by atoms with Crippen LogP contribution in [-0.4, -0.2) is 24.9 Å². The van der Waals surface area contributed by atoms with E-state index in [9.17, 15) is 9.18 Å². The van der Waals surface area contributed by atoms with Gasteiger partial charge in [-0.25, -0.2) is 4.39 Å². The summed E-state index contributed by atoms with van der Waals surface area (Å²) < 4.78 is 18.1. The molecule has 0 aliphatic carbocycles. The van der Waals surface area contributed by atoms with Gasteiger partial charge in [-0.1, -0.05) is 29.8 Å². The molecule has 0 saturated carbocycles. The fourth-order valence-electron chi connectivity index (χ4n) is 1.57. The van der Waals surface area contributed by atoms with E-state index in [0.717, 1.165) is 11.8 Å². The van der Waals surface area contributed by atoms with Crippen LogP contribution in [0.2, 0.25) is 0 Å². The Morgan fingerprint density at radius 1 is 1.47 bits per heavy atom. The topological polar surface area (TPSA) is 38.3 Å². The normalized spacial score (nSPS) is 11.2. The lowest BCUT2D eigenvalue weighted by Gasteiger charge is -2.23. The van der Waals surface area contributed by atoms with Crippen molar-refractivity contribution in [1.82, 2.24) is 5.32 Å². The van der Waals surface area contributed by atoms with Crippen LogP contribution < -0.4 is 10.1 Å². The van der Waals surface area contributed by atoms with Crippen molar-refractivity contribution >= 4 is 21.8 Å². The van der Waals surface area contributed by atoms with Crippen LogP contribution in [0.25, 0.3) is 0 Å². The van der Waals surface area contributed by atoms with E-state index < -0.39 is 5.82 Å². The van der Waals surface area contributed by atoms with Gasteiger partial charge in [0.2, 0.25) is 0 Å². The van der Waals surface area contributed by atoms with Gasteiger partial charge >= 0.3 is 0 Å². The molecule has 1 amide bonds. The van der Waals surface area contributed by atoms with Crippen molar-refractivity contribution in [3.63, 3.8) is 0 Å². The van der Waals surface area contributed by atoms with Crippen molar-refractivity contribution in [2.45, 2.75) is 20.3 Å². The molecule has 3 nitrogen and oxygen atoms in total. The molecule has 19 heavy (non-hydrogen) atoms. The van der Waals surface area contributed by atoms with Gasteiger partial charge in [-0.2, -0.15) is 0 Å². The lowest BCUT2D eigenvalue weighted by molar-refractivity contribution is 0.0935. The van der Waals surface area contributed by atoms with Crippen molar-refractivity contribution in [2.75, 3.05) is 19.0 Å². The molecule has 1 N–H and O–H groups in total. The second-order valence-electron chi connectivity index (χ2n) is 5.14. The number of amides is 1. The molecule has 1 aromatic rings. The summed E-state index contributed by atoms with van der Waals surface area (Å²) in [4.78, 5) is 12.0. The molecule has 0 atom stereocenters. The van der Waals surface area contributed by atoms with E-state index in [0.29, 0.717) is 12.1 Å². The zero-order chi connectivity index (χ0) is 14.5. The Hall–Kier alpha value is -1.10. The predicted molar refractivity (Wildman–Crippen MR) is 77.5 cm³/mol. The maximum Gasteiger partial charge on any atom is 0.251 e. The molecule has 106 valence electrons. The van der Waals surface area contributed by atoms with Gasteiger partial charge in [0.1, 0.15) is 0 Å². The average Bonchev–Trinajstić information content (AvgIpc) is 2.36. The van der Waals surface area contributed by atoms with Gasteiger partial charge in [-0.05, 0) is 30.0 Å².